The second kappa shape index (κ2) is 5.65. The van der Waals surface area contributed by atoms with Gasteiger partial charge in [-0.3, -0.25) is 4.84 Å². The summed E-state index contributed by atoms with van der Waals surface area (Å²) < 4.78 is 0. The first-order chi connectivity index (χ1) is 8.93. The lowest BCUT2D eigenvalue weighted by Gasteiger charge is -2.16. The molecule has 0 amide bonds. The Bertz CT molecular complexity index is 465. The van der Waals surface area contributed by atoms with E-state index in [1.807, 2.05) is 18.2 Å². The van der Waals surface area contributed by atoms with Crippen LogP contribution in [0.15, 0.2) is 47.8 Å². The van der Waals surface area contributed by atoms with Crippen molar-refractivity contribution in [1.82, 2.24) is 5.48 Å². The van der Waals surface area contributed by atoms with E-state index >= 15 is 0 Å². The highest BCUT2D eigenvalue weighted by Crippen LogP contribution is 2.42. The Balaban J connectivity index is 1.55. The summed E-state index contributed by atoms with van der Waals surface area (Å²) in [6.45, 7) is 0.620. The highest BCUT2D eigenvalue weighted by atomic mass is 32.1. The van der Waals surface area contributed by atoms with Crippen LogP contribution in [0.1, 0.15) is 29.3 Å². The Morgan fingerprint density at radius 2 is 2.00 bits per heavy atom. The van der Waals surface area contributed by atoms with Crippen LogP contribution in [0, 0.1) is 5.92 Å². The van der Waals surface area contributed by atoms with Gasteiger partial charge in [-0.1, -0.05) is 36.4 Å². The molecular weight excluding hydrogens is 242 g/mol. The fraction of sp³-hybridized carbons (Fsp3) is 0.333. The van der Waals surface area contributed by atoms with Crippen LogP contribution in [0.4, 0.5) is 0 Å². The molecule has 18 heavy (non-hydrogen) atoms. The maximum absolute atomic E-state index is 5.66. The van der Waals surface area contributed by atoms with Crippen LogP contribution in [0.3, 0.4) is 0 Å². The second-order valence-corrected chi connectivity index (χ2v) is 5.70. The maximum Gasteiger partial charge on any atom is 0.0933 e. The zero-order chi connectivity index (χ0) is 12.2. The largest absolute Gasteiger partial charge is 0.296 e. The van der Waals surface area contributed by atoms with Crippen LogP contribution < -0.4 is 5.48 Å². The molecule has 0 saturated heterocycles. The molecule has 1 atom stereocenters. The number of hydrogen-bond acceptors (Lipinski definition) is 3. The van der Waals surface area contributed by atoms with Crippen molar-refractivity contribution in [1.29, 1.82) is 0 Å². The minimum Gasteiger partial charge on any atom is -0.296 e. The van der Waals surface area contributed by atoms with Gasteiger partial charge in [-0.2, -0.15) is 5.48 Å². The third-order valence-corrected chi connectivity index (χ3v) is 4.19. The predicted molar refractivity (Wildman–Crippen MR) is 74.2 cm³/mol. The SMILES string of the molecule is c1ccc(CONC(c2cccs2)C2CC2)cc1. The minimum atomic E-state index is 0.369. The third kappa shape index (κ3) is 2.99. The fourth-order valence-electron chi connectivity index (χ4n) is 2.07. The quantitative estimate of drug-likeness (QED) is 0.794. The van der Waals surface area contributed by atoms with Crippen LogP contribution in [0.25, 0.3) is 0 Å². The number of thiophene rings is 1. The summed E-state index contributed by atoms with van der Waals surface area (Å²) in [4.78, 5) is 7.04. The van der Waals surface area contributed by atoms with Crippen molar-refractivity contribution < 1.29 is 4.84 Å². The van der Waals surface area contributed by atoms with E-state index in [2.05, 4.69) is 35.1 Å². The number of rotatable bonds is 6. The zero-order valence-corrected chi connectivity index (χ0v) is 11.0. The first-order valence-corrected chi connectivity index (χ1v) is 7.26. The van der Waals surface area contributed by atoms with E-state index < -0.39 is 0 Å². The van der Waals surface area contributed by atoms with Crippen molar-refractivity contribution in [2.75, 3.05) is 0 Å². The molecule has 0 aliphatic heterocycles. The Labute approximate surface area is 112 Å². The molecule has 1 N–H and O–H groups in total. The molecule has 1 heterocycles. The van der Waals surface area contributed by atoms with Crippen molar-refractivity contribution in [2.24, 2.45) is 5.92 Å². The van der Waals surface area contributed by atoms with Crippen LogP contribution in [0.5, 0.6) is 0 Å². The van der Waals surface area contributed by atoms with Crippen molar-refractivity contribution in [2.45, 2.75) is 25.5 Å². The van der Waals surface area contributed by atoms with Gasteiger partial charge in [-0.25, -0.2) is 0 Å². The normalized spacial score (nSPS) is 16.7. The second-order valence-electron chi connectivity index (χ2n) is 4.72. The Hall–Kier alpha value is -1.16. The van der Waals surface area contributed by atoms with E-state index in [1.54, 1.807) is 11.3 Å². The Morgan fingerprint density at radius 3 is 2.67 bits per heavy atom. The lowest BCUT2D eigenvalue weighted by Crippen LogP contribution is -2.22. The number of hydroxylamine groups is 1. The summed E-state index contributed by atoms with van der Waals surface area (Å²) in [6, 6.07) is 14.9. The van der Waals surface area contributed by atoms with Crippen LogP contribution >= 0.6 is 11.3 Å². The van der Waals surface area contributed by atoms with E-state index in [-0.39, 0.29) is 0 Å². The van der Waals surface area contributed by atoms with Crippen molar-refractivity contribution >= 4 is 11.3 Å². The Morgan fingerprint density at radius 1 is 1.17 bits per heavy atom. The fourth-order valence-corrected chi connectivity index (χ4v) is 2.93. The van der Waals surface area contributed by atoms with Gasteiger partial charge in [-0.15, -0.1) is 11.3 Å². The highest BCUT2D eigenvalue weighted by Gasteiger charge is 2.33. The third-order valence-electron chi connectivity index (χ3n) is 3.24. The molecular formula is C15H17NOS. The summed E-state index contributed by atoms with van der Waals surface area (Å²) >= 11 is 1.80. The van der Waals surface area contributed by atoms with Crippen LogP contribution in [-0.2, 0) is 11.4 Å². The average molecular weight is 259 g/mol. The van der Waals surface area contributed by atoms with Gasteiger partial charge in [0, 0.05) is 4.88 Å². The number of benzene rings is 1. The van der Waals surface area contributed by atoms with E-state index in [4.69, 9.17) is 4.84 Å². The first-order valence-electron chi connectivity index (χ1n) is 6.38. The maximum atomic E-state index is 5.66. The molecule has 94 valence electrons. The van der Waals surface area contributed by atoms with E-state index in [0.717, 1.165) is 5.92 Å². The van der Waals surface area contributed by atoms with Gasteiger partial charge >= 0.3 is 0 Å². The molecule has 1 unspecified atom stereocenters. The zero-order valence-electron chi connectivity index (χ0n) is 10.2. The molecule has 3 heteroatoms. The van der Waals surface area contributed by atoms with Gasteiger partial charge in [0.05, 0.1) is 12.6 Å². The topological polar surface area (TPSA) is 21.3 Å². The molecule has 3 rings (SSSR count). The van der Waals surface area contributed by atoms with Crippen LogP contribution in [0.2, 0.25) is 0 Å². The number of hydrogen-bond donors (Lipinski definition) is 1. The summed E-state index contributed by atoms with van der Waals surface area (Å²) in [5, 5.41) is 2.13. The lowest BCUT2D eigenvalue weighted by molar-refractivity contribution is -0.00144. The van der Waals surface area contributed by atoms with Crippen molar-refractivity contribution in [3.8, 4) is 0 Å². The van der Waals surface area contributed by atoms with Gasteiger partial charge in [0.25, 0.3) is 0 Å². The van der Waals surface area contributed by atoms with E-state index in [0.29, 0.717) is 12.6 Å². The van der Waals surface area contributed by atoms with E-state index in [9.17, 15) is 0 Å². The monoisotopic (exact) mass is 259 g/mol. The van der Waals surface area contributed by atoms with Gasteiger partial charge in [0.2, 0.25) is 0 Å². The van der Waals surface area contributed by atoms with Crippen LogP contribution in [-0.4, -0.2) is 0 Å². The average Bonchev–Trinajstić information content (AvgIpc) is 3.10. The minimum absolute atomic E-state index is 0.369. The Kier molecular flexibility index (Phi) is 3.74. The molecule has 1 fully saturated rings. The molecule has 2 nitrogen and oxygen atoms in total. The highest BCUT2D eigenvalue weighted by molar-refractivity contribution is 7.10. The lowest BCUT2D eigenvalue weighted by atomic mass is 10.1. The molecule has 1 aliphatic carbocycles. The predicted octanol–water partition coefficient (Wildman–Crippen LogP) is 3.92. The summed E-state index contributed by atoms with van der Waals surface area (Å²) in [6.07, 6.45) is 2.62. The van der Waals surface area contributed by atoms with Gasteiger partial charge in [-0.05, 0) is 35.8 Å². The number of nitrogens with one attached hydrogen (secondary N) is 1. The molecule has 0 bridgehead atoms. The van der Waals surface area contributed by atoms with Crippen molar-refractivity contribution in [3.05, 3.63) is 58.3 Å². The first kappa shape index (κ1) is 11.9. The van der Waals surface area contributed by atoms with Gasteiger partial charge in [0.15, 0.2) is 0 Å². The molecule has 1 aromatic heterocycles. The van der Waals surface area contributed by atoms with Gasteiger partial charge in [0.1, 0.15) is 0 Å². The molecule has 0 radical (unpaired) electrons. The molecule has 1 saturated carbocycles. The molecule has 0 spiro atoms. The molecule has 2 aromatic rings. The molecule has 1 aromatic carbocycles. The standard InChI is InChI=1S/C15H17NOS/c1-2-5-12(6-3-1)11-17-16-15(13-8-9-13)14-7-4-10-18-14/h1-7,10,13,15-16H,8-9,11H2. The smallest absolute Gasteiger partial charge is 0.0933 e. The van der Waals surface area contributed by atoms with Gasteiger partial charge < -0.3 is 0 Å². The molecule has 1 aliphatic rings. The van der Waals surface area contributed by atoms with E-state index in [1.165, 1.54) is 23.3 Å². The summed E-state index contributed by atoms with van der Waals surface area (Å²) in [5.74, 6) is 0.749. The van der Waals surface area contributed by atoms with Crippen molar-refractivity contribution in [3.63, 3.8) is 0 Å². The summed E-state index contributed by atoms with van der Waals surface area (Å²) in [5.41, 5.74) is 4.44. The summed E-state index contributed by atoms with van der Waals surface area (Å²) in [7, 11) is 0.